The minimum atomic E-state index is -0.393. The van der Waals surface area contributed by atoms with E-state index in [1.54, 1.807) is 12.1 Å². The quantitative estimate of drug-likeness (QED) is 0.288. The molecule has 0 bridgehead atoms. The molecular weight excluding hydrogens is 445 g/mol. The Morgan fingerprint density at radius 1 is 1.03 bits per heavy atom. The molecule has 158 valence electrons. The zero-order chi connectivity index (χ0) is 22.0. The van der Waals surface area contributed by atoms with E-state index in [1.165, 1.54) is 16.7 Å². The Kier molecular flexibility index (Phi) is 4.28. The van der Waals surface area contributed by atoms with Crippen LogP contribution in [0.5, 0.6) is 5.88 Å². The molecule has 0 radical (unpaired) electrons. The molecule has 1 unspecified atom stereocenters. The molecule has 0 saturated carbocycles. The van der Waals surface area contributed by atoms with Crippen LogP contribution < -0.4 is 0 Å². The van der Waals surface area contributed by atoms with E-state index in [4.69, 9.17) is 23.8 Å². The predicted octanol–water partition coefficient (Wildman–Crippen LogP) is 6.53. The summed E-state index contributed by atoms with van der Waals surface area (Å²) in [6.45, 7) is 0. The van der Waals surface area contributed by atoms with Gasteiger partial charge in [0.1, 0.15) is 11.9 Å². The van der Waals surface area contributed by atoms with Gasteiger partial charge in [0.05, 0.1) is 11.4 Å². The van der Waals surface area contributed by atoms with Crippen molar-refractivity contribution in [3.8, 4) is 11.6 Å². The highest BCUT2D eigenvalue weighted by Gasteiger charge is 2.34. The lowest BCUT2D eigenvalue weighted by molar-refractivity contribution is 0.433. The Morgan fingerprint density at radius 3 is 2.66 bits per heavy atom. The van der Waals surface area contributed by atoms with E-state index in [2.05, 4.69) is 11.1 Å². The molecule has 0 aliphatic carbocycles. The average Bonchev–Trinajstić information content (AvgIpc) is 3.27. The smallest absolute Gasteiger partial charge is 0.218 e. The zero-order valence-corrected chi connectivity index (χ0v) is 18.3. The third-order valence-electron chi connectivity index (χ3n) is 6.11. The molecule has 1 aliphatic rings. The maximum atomic E-state index is 14.0. The first-order valence-corrected chi connectivity index (χ1v) is 11.0. The van der Waals surface area contributed by atoms with Gasteiger partial charge in [-0.3, -0.25) is 4.57 Å². The number of hydrogen-bond donors (Lipinski definition) is 2. The third kappa shape index (κ3) is 2.76. The average molecular weight is 462 g/mol. The van der Waals surface area contributed by atoms with Crippen molar-refractivity contribution in [3.63, 3.8) is 0 Å². The highest BCUT2D eigenvalue weighted by atomic mass is 35.5. The van der Waals surface area contributed by atoms with Gasteiger partial charge in [0, 0.05) is 28.0 Å². The van der Waals surface area contributed by atoms with E-state index in [0.717, 1.165) is 27.7 Å². The van der Waals surface area contributed by atoms with Crippen molar-refractivity contribution < 1.29 is 9.50 Å². The van der Waals surface area contributed by atoms with Crippen LogP contribution in [0.3, 0.4) is 0 Å². The Hall–Kier alpha value is -3.35. The van der Waals surface area contributed by atoms with Gasteiger partial charge < -0.3 is 14.7 Å². The van der Waals surface area contributed by atoms with Gasteiger partial charge in [-0.25, -0.2) is 4.39 Å². The Morgan fingerprint density at radius 2 is 1.84 bits per heavy atom. The Balaban J connectivity index is 1.68. The van der Waals surface area contributed by atoms with Crippen molar-refractivity contribution in [1.29, 1.82) is 0 Å². The summed E-state index contributed by atoms with van der Waals surface area (Å²) < 4.78 is 17.8. The molecule has 3 heterocycles. The maximum absolute atomic E-state index is 14.0. The number of imidazole rings is 1. The first-order chi connectivity index (χ1) is 15.5. The van der Waals surface area contributed by atoms with E-state index < -0.39 is 5.82 Å². The first-order valence-electron chi connectivity index (χ1n) is 10.2. The molecular formula is C25H17ClFN3OS. The van der Waals surface area contributed by atoms with E-state index in [0.29, 0.717) is 27.6 Å². The summed E-state index contributed by atoms with van der Waals surface area (Å²) in [5, 5.41) is 13.0. The number of para-hydroxylation sites is 1. The minimum Gasteiger partial charge on any atom is -0.493 e. The molecule has 1 atom stereocenters. The number of halogens is 2. The topological polar surface area (TPSA) is 45.9 Å². The summed E-state index contributed by atoms with van der Waals surface area (Å²) in [7, 11) is 0. The Bertz CT molecular complexity index is 1580. The molecule has 3 aromatic carbocycles. The van der Waals surface area contributed by atoms with Crippen molar-refractivity contribution in [3.05, 3.63) is 111 Å². The number of nitrogens with zero attached hydrogens (tertiary/aromatic N) is 2. The van der Waals surface area contributed by atoms with E-state index in [-0.39, 0.29) is 11.9 Å². The van der Waals surface area contributed by atoms with Crippen LogP contribution in [0.25, 0.3) is 16.6 Å². The van der Waals surface area contributed by atoms with Crippen LogP contribution in [0.2, 0.25) is 5.02 Å². The van der Waals surface area contributed by atoms with Crippen molar-refractivity contribution in [2.75, 3.05) is 0 Å². The second-order valence-electron chi connectivity index (χ2n) is 7.94. The fourth-order valence-corrected chi connectivity index (χ4v) is 5.37. The van der Waals surface area contributed by atoms with Crippen molar-refractivity contribution >= 4 is 34.7 Å². The van der Waals surface area contributed by atoms with Crippen molar-refractivity contribution in [2.45, 2.75) is 12.5 Å². The summed E-state index contributed by atoms with van der Waals surface area (Å²) in [6, 6.07) is 21.5. The number of H-pyrrole nitrogens is 1. The SMILES string of the molecule is Oc1c2n(c(=S)n1-c1cccc(F)c1)C(c1cccc(Cl)c1)c1[nH]c3ccccc3c1C2. The van der Waals surface area contributed by atoms with E-state index >= 15 is 0 Å². The highest BCUT2D eigenvalue weighted by Crippen LogP contribution is 2.43. The van der Waals surface area contributed by atoms with Crippen LogP contribution in [-0.4, -0.2) is 19.2 Å². The molecule has 2 aromatic heterocycles. The number of benzene rings is 3. The molecule has 32 heavy (non-hydrogen) atoms. The second-order valence-corrected chi connectivity index (χ2v) is 8.74. The van der Waals surface area contributed by atoms with Crippen molar-refractivity contribution in [1.82, 2.24) is 14.1 Å². The summed E-state index contributed by atoms with van der Waals surface area (Å²) in [5.74, 6) is -0.376. The van der Waals surface area contributed by atoms with E-state index in [9.17, 15) is 9.50 Å². The second kappa shape index (κ2) is 7.08. The van der Waals surface area contributed by atoms with Crippen LogP contribution in [0, 0.1) is 10.6 Å². The summed E-state index contributed by atoms with van der Waals surface area (Å²) >= 11 is 12.2. The predicted molar refractivity (Wildman–Crippen MR) is 126 cm³/mol. The first kappa shape index (κ1) is 19.3. The van der Waals surface area contributed by atoms with Crippen LogP contribution in [0.15, 0.2) is 72.8 Å². The summed E-state index contributed by atoms with van der Waals surface area (Å²) in [6.07, 6.45) is 0.494. The normalized spacial score (nSPS) is 15.0. The van der Waals surface area contributed by atoms with Gasteiger partial charge in [-0.15, -0.1) is 0 Å². The van der Waals surface area contributed by atoms with Crippen molar-refractivity contribution in [2.24, 2.45) is 0 Å². The molecule has 1 aliphatic heterocycles. The fourth-order valence-electron chi connectivity index (χ4n) is 4.76. The molecule has 0 amide bonds. The lowest BCUT2D eigenvalue weighted by atomic mass is 9.93. The van der Waals surface area contributed by atoms with Gasteiger partial charge in [-0.1, -0.05) is 48.0 Å². The van der Waals surface area contributed by atoms with Gasteiger partial charge in [-0.05, 0) is 59.7 Å². The molecule has 6 rings (SSSR count). The maximum Gasteiger partial charge on any atom is 0.218 e. The van der Waals surface area contributed by atoms with Gasteiger partial charge in [0.15, 0.2) is 4.77 Å². The number of nitrogens with one attached hydrogen (secondary N) is 1. The number of aromatic amines is 1. The number of rotatable bonds is 2. The van der Waals surface area contributed by atoms with Crippen LogP contribution >= 0.6 is 23.8 Å². The lowest BCUT2D eigenvalue weighted by Gasteiger charge is -2.26. The van der Waals surface area contributed by atoms with Crippen LogP contribution in [0.1, 0.15) is 28.6 Å². The molecule has 2 N–H and O–H groups in total. The third-order valence-corrected chi connectivity index (χ3v) is 6.73. The van der Waals surface area contributed by atoms with Crippen LogP contribution in [-0.2, 0) is 6.42 Å². The molecule has 0 spiro atoms. The minimum absolute atomic E-state index is 0.0172. The van der Waals surface area contributed by atoms with Gasteiger partial charge in [-0.2, -0.15) is 0 Å². The number of aromatic hydroxyl groups is 1. The molecule has 5 aromatic rings. The molecule has 0 fully saturated rings. The molecule has 4 nitrogen and oxygen atoms in total. The highest BCUT2D eigenvalue weighted by molar-refractivity contribution is 7.71. The Labute approximate surface area is 193 Å². The number of fused-ring (bicyclic) bond motifs is 4. The van der Waals surface area contributed by atoms with E-state index in [1.807, 2.05) is 47.0 Å². The molecule has 0 saturated heterocycles. The monoisotopic (exact) mass is 461 g/mol. The summed E-state index contributed by atoms with van der Waals surface area (Å²) in [4.78, 5) is 3.57. The fraction of sp³-hybridized carbons (Fsp3) is 0.0800. The zero-order valence-electron chi connectivity index (χ0n) is 16.7. The van der Waals surface area contributed by atoms with Gasteiger partial charge >= 0.3 is 0 Å². The lowest BCUT2D eigenvalue weighted by Crippen LogP contribution is -2.21. The largest absolute Gasteiger partial charge is 0.493 e. The number of aromatic nitrogens is 3. The number of hydrogen-bond acceptors (Lipinski definition) is 2. The summed E-state index contributed by atoms with van der Waals surface area (Å²) in [5.41, 5.74) is 5.24. The van der Waals surface area contributed by atoms with Gasteiger partial charge in [0.25, 0.3) is 0 Å². The standard InChI is InChI=1S/C25H17ClFN3OS/c26-15-6-3-5-14(11-15)23-22-19(18-9-1-2-10-20(18)28-22)13-21-24(31)29(25(32)30(21)23)17-8-4-7-16(27)12-17/h1-12,23,28,31H,13H2. The van der Waals surface area contributed by atoms with Crippen LogP contribution in [0.4, 0.5) is 4.39 Å². The van der Waals surface area contributed by atoms with Gasteiger partial charge in [0.2, 0.25) is 5.88 Å². The molecule has 7 heteroatoms.